The van der Waals surface area contributed by atoms with Gasteiger partial charge in [0, 0.05) is 45.8 Å². The fraction of sp³-hybridized carbons (Fsp3) is 0.0222. The van der Waals surface area contributed by atoms with Gasteiger partial charge in [-0.3, -0.25) is 0 Å². The van der Waals surface area contributed by atoms with Gasteiger partial charge in [-0.05, 0) is 80.9 Å². The molecular weight excluding hydrogens is 569 g/mol. The van der Waals surface area contributed by atoms with E-state index >= 15 is 0 Å². The van der Waals surface area contributed by atoms with E-state index in [1.165, 1.54) is 65.6 Å². The molecule has 9 aromatic rings. The number of benzene rings is 8. The van der Waals surface area contributed by atoms with Gasteiger partial charge in [0.25, 0.3) is 0 Å². The van der Waals surface area contributed by atoms with E-state index in [0.29, 0.717) is 0 Å². The highest BCUT2D eigenvalue weighted by molar-refractivity contribution is 6.31. The van der Waals surface area contributed by atoms with Crippen molar-refractivity contribution in [3.05, 3.63) is 176 Å². The average molecular weight is 601 g/mol. The number of aryl methyl sites for hydroxylation is 1. The van der Waals surface area contributed by atoms with Crippen LogP contribution in [0.5, 0.6) is 0 Å². The molecule has 0 aliphatic heterocycles. The maximum Gasteiger partial charge on any atom is 0.0574 e. The van der Waals surface area contributed by atoms with Crippen molar-refractivity contribution in [2.75, 3.05) is 4.90 Å². The van der Waals surface area contributed by atoms with E-state index in [1.807, 2.05) is 0 Å². The molecule has 1 aromatic heterocycles. The standard InChI is InChI=1S/C45H32N2/c1-46-43-30-34(24-29-42(43)44-40-18-10-8-16-38(40)39-17-9-11-19-41(39)45(44)46)33-22-27-37(28-23-33)47(35-14-6-3-7-15-35)36-25-20-32(21-26-36)31-12-4-2-5-13-31/h2-30H,1H3. The highest BCUT2D eigenvalue weighted by atomic mass is 15.1. The van der Waals surface area contributed by atoms with Gasteiger partial charge in [-0.15, -0.1) is 0 Å². The zero-order valence-electron chi connectivity index (χ0n) is 26.1. The predicted molar refractivity (Wildman–Crippen MR) is 201 cm³/mol. The summed E-state index contributed by atoms with van der Waals surface area (Å²) in [6.45, 7) is 0. The van der Waals surface area contributed by atoms with E-state index < -0.39 is 0 Å². The molecule has 0 bridgehead atoms. The molecule has 0 aliphatic carbocycles. The van der Waals surface area contributed by atoms with Crippen LogP contribution in [0.4, 0.5) is 17.1 Å². The van der Waals surface area contributed by atoms with Crippen LogP contribution in [0.1, 0.15) is 0 Å². The van der Waals surface area contributed by atoms with Crippen LogP contribution in [0, 0.1) is 0 Å². The zero-order chi connectivity index (χ0) is 31.3. The van der Waals surface area contributed by atoms with E-state index in [-0.39, 0.29) is 0 Å². The Kier molecular flexibility index (Phi) is 6.39. The maximum absolute atomic E-state index is 2.38. The van der Waals surface area contributed by atoms with Crippen molar-refractivity contribution in [3.63, 3.8) is 0 Å². The second-order valence-electron chi connectivity index (χ2n) is 12.2. The van der Waals surface area contributed by atoms with Crippen LogP contribution in [0.2, 0.25) is 0 Å². The Morgan fingerprint density at radius 2 is 0.809 bits per heavy atom. The van der Waals surface area contributed by atoms with Crippen LogP contribution in [0.15, 0.2) is 176 Å². The van der Waals surface area contributed by atoms with Crippen LogP contribution in [0.3, 0.4) is 0 Å². The number of nitrogens with zero attached hydrogens (tertiary/aromatic N) is 2. The van der Waals surface area contributed by atoms with Crippen molar-refractivity contribution in [2.24, 2.45) is 7.05 Å². The first kappa shape index (κ1) is 27.2. The summed E-state index contributed by atoms with van der Waals surface area (Å²) in [4.78, 5) is 2.32. The second-order valence-corrected chi connectivity index (χ2v) is 12.2. The van der Waals surface area contributed by atoms with Crippen LogP contribution < -0.4 is 4.90 Å². The summed E-state index contributed by atoms with van der Waals surface area (Å²) in [5.41, 5.74) is 10.7. The summed E-state index contributed by atoms with van der Waals surface area (Å²) < 4.78 is 2.38. The van der Waals surface area contributed by atoms with Gasteiger partial charge >= 0.3 is 0 Å². The molecule has 0 aliphatic rings. The lowest BCUT2D eigenvalue weighted by atomic mass is 9.96. The number of rotatable bonds is 5. The van der Waals surface area contributed by atoms with Crippen molar-refractivity contribution in [1.29, 1.82) is 0 Å². The average Bonchev–Trinajstić information content (AvgIpc) is 3.45. The van der Waals surface area contributed by atoms with E-state index in [0.717, 1.165) is 17.1 Å². The third-order valence-corrected chi connectivity index (χ3v) is 9.58. The molecular formula is C45H32N2. The first-order valence-corrected chi connectivity index (χ1v) is 16.2. The molecule has 0 unspecified atom stereocenters. The molecule has 2 nitrogen and oxygen atoms in total. The van der Waals surface area contributed by atoms with E-state index in [9.17, 15) is 0 Å². The number of aromatic nitrogens is 1. The smallest absolute Gasteiger partial charge is 0.0574 e. The van der Waals surface area contributed by atoms with Gasteiger partial charge in [-0.2, -0.15) is 0 Å². The SMILES string of the molecule is Cn1c2cc(-c3ccc(N(c4ccccc4)c4ccc(-c5ccccc5)cc4)cc3)ccc2c2c3ccccc3c3ccccc3c21. The highest BCUT2D eigenvalue weighted by Gasteiger charge is 2.17. The molecule has 1 heterocycles. The van der Waals surface area contributed by atoms with Crippen LogP contribution in [-0.4, -0.2) is 4.57 Å². The molecule has 8 aromatic carbocycles. The summed E-state index contributed by atoms with van der Waals surface area (Å²) in [7, 11) is 2.21. The van der Waals surface area contributed by atoms with Gasteiger partial charge in [0.1, 0.15) is 0 Å². The Labute approximate surface area is 274 Å². The maximum atomic E-state index is 2.38. The van der Waals surface area contributed by atoms with Crippen LogP contribution in [-0.2, 0) is 7.05 Å². The molecule has 0 radical (unpaired) electrons. The Bertz CT molecular complexity index is 2540. The van der Waals surface area contributed by atoms with Gasteiger partial charge in [0.05, 0.1) is 5.52 Å². The Hall–Kier alpha value is -6.12. The fourth-order valence-electron chi connectivity index (χ4n) is 7.33. The minimum absolute atomic E-state index is 1.12. The summed E-state index contributed by atoms with van der Waals surface area (Å²) in [5.74, 6) is 0. The largest absolute Gasteiger partial charge is 0.343 e. The normalized spacial score (nSPS) is 11.5. The zero-order valence-corrected chi connectivity index (χ0v) is 26.1. The molecule has 0 amide bonds. The number of hydrogen-bond donors (Lipinski definition) is 0. The second kappa shape index (κ2) is 11.0. The van der Waals surface area contributed by atoms with Crippen molar-refractivity contribution in [3.8, 4) is 22.3 Å². The van der Waals surface area contributed by atoms with E-state index in [1.54, 1.807) is 0 Å². The summed E-state index contributed by atoms with van der Waals surface area (Å²) in [6.07, 6.45) is 0. The lowest BCUT2D eigenvalue weighted by Crippen LogP contribution is -2.09. The quantitative estimate of drug-likeness (QED) is 0.178. The van der Waals surface area contributed by atoms with Gasteiger partial charge < -0.3 is 9.47 Å². The van der Waals surface area contributed by atoms with E-state index in [2.05, 4.69) is 192 Å². The van der Waals surface area contributed by atoms with E-state index in [4.69, 9.17) is 0 Å². The van der Waals surface area contributed by atoms with Gasteiger partial charge in [-0.25, -0.2) is 0 Å². The monoisotopic (exact) mass is 600 g/mol. The minimum atomic E-state index is 1.12. The van der Waals surface area contributed by atoms with Gasteiger partial charge in [-0.1, -0.05) is 133 Å². The minimum Gasteiger partial charge on any atom is -0.343 e. The molecule has 47 heavy (non-hydrogen) atoms. The molecule has 9 rings (SSSR count). The third-order valence-electron chi connectivity index (χ3n) is 9.58. The molecule has 222 valence electrons. The Morgan fingerprint density at radius 3 is 1.45 bits per heavy atom. The number of hydrogen-bond acceptors (Lipinski definition) is 1. The molecule has 0 N–H and O–H groups in total. The fourth-order valence-corrected chi connectivity index (χ4v) is 7.33. The van der Waals surface area contributed by atoms with Crippen LogP contribution >= 0.6 is 0 Å². The number of anilines is 3. The lowest BCUT2D eigenvalue weighted by molar-refractivity contribution is 1.02. The Morgan fingerprint density at radius 1 is 0.362 bits per heavy atom. The first-order chi connectivity index (χ1) is 23.2. The summed E-state index contributed by atoms with van der Waals surface area (Å²) >= 11 is 0. The summed E-state index contributed by atoms with van der Waals surface area (Å²) in [6, 6.07) is 63.5. The Balaban J connectivity index is 1.13. The molecule has 2 heteroatoms. The van der Waals surface area contributed by atoms with Crippen molar-refractivity contribution >= 4 is 60.4 Å². The molecule has 0 saturated carbocycles. The van der Waals surface area contributed by atoms with Crippen molar-refractivity contribution in [1.82, 2.24) is 4.57 Å². The predicted octanol–water partition coefficient (Wildman–Crippen LogP) is 12.4. The van der Waals surface area contributed by atoms with Gasteiger partial charge in [0.2, 0.25) is 0 Å². The molecule has 0 atom stereocenters. The number of para-hydroxylation sites is 1. The third kappa shape index (κ3) is 4.49. The van der Waals surface area contributed by atoms with Crippen LogP contribution in [0.25, 0.3) is 65.6 Å². The first-order valence-electron chi connectivity index (χ1n) is 16.2. The topological polar surface area (TPSA) is 8.17 Å². The molecule has 0 saturated heterocycles. The van der Waals surface area contributed by atoms with Crippen molar-refractivity contribution in [2.45, 2.75) is 0 Å². The number of fused-ring (bicyclic) bond motifs is 8. The highest BCUT2D eigenvalue weighted by Crippen LogP contribution is 2.42. The molecule has 0 fully saturated rings. The summed E-state index contributed by atoms with van der Waals surface area (Å²) in [5, 5.41) is 7.83. The molecule has 0 spiro atoms. The lowest BCUT2D eigenvalue weighted by Gasteiger charge is -2.26. The van der Waals surface area contributed by atoms with Crippen molar-refractivity contribution < 1.29 is 0 Å². The van der Waals surface area contributed by atoms with Gasteiger partial charge in [0.15, 0.2) is 0 Å².